The fourth-order valence-corrected chi connectivity index (χ4v) is 1.97. The molecule has 1 unspecified atom stereocenters. The van der Waals surface area contributed by atoms with Crippen molar-refractivity contribution in [1.29, 1.82) is 0 Å². The maximum absolute atomic E-state index is 11.6. The van der Waals surface area contributed by atoms with Crippen LogP contribution in [0.3, 0.4) is 0 Å². The van der Waals surface area contributed by atoms with Gasteiger partial charge in [-0.2, -0.15) is 0 Å². The van der Waals surface area contributed by atoms with Crippen LogP contribution in [0.4, 0.5) is 0 Å². The van der Waals surface area contributed by atoms with E-state index in [0.29, 0.717) is 6.54 Å². The van der Waals surface area contributed by atoms with Crippen molar-refractivity contribution in [1.82, 2.24) is 9.55 Å². The summed E-state index contributed by atoms with van der Waals surface area (Å²) in [6.45, 7) is 2.41. The molecule has 0 fully saturated rings. The van der Waals surface area contributed by atoms with Crippen molar-refractivity contribution >= 4 is 27.0 Å². The van der Waals surface area contributed by atoms with Crippen molar-refractivity contribution in [3.63, 3.8) is 0 Å². The second kappa shape index (κ2) is 3.83. The lowest BCUT2D eigenvalue weighted by Gasteiger charge is -2.06. The first-order valence-corrected chi connectivity index (χ1v) is 5.51. The number of H-pyrrole nitrogens is 1. The number of hydrogen-bond acceptors (Lipinski definition) is 2. The first-order chi connectivity index (χ1) is 7.08. The highest BCUT2D eigenvalue weighted by Gasteiger charge is 2.07. The van der Waals surface area contributed by atoms with Gasteiger partial charge in [-0.05, 0) is 25.1 Å². The van der Waals surface area contributed by atoms with Gasteiger partial charge in [0.15, 0.2) is 0 Å². The van der Waals surface area contributed by atoms with Gasteiger partial charge >= 0.3 is 5.69 Å². The summed E-state index contributed by atoms with van der Waals surface area (Å²) in [4.78, 5) is 14.4. The quantitative estimate of drug-likeness (QED) is 0.867. The highest BCUT2D eigenvalue weighted by molar-refractivity contribution is 9.10. The van der Waals surface area contributed by atoms with E-state index in [1.54, 1.807) is 4.57 Å². The molecule has 0 radical (unpaired) electrons. The Hall–Kier alpha value is -1.07. The molecule has 15 heavy (non-hydrogen) atoms. The van der Waals surface area contributed by atoms with Gasteiger partial charge in [0, 0.05) is 17.1 Å². The molecule has 1 aromatic heterocycles. The Morgan fingerprint density at radius 2 is 2.33 bits per heavy atom. The number of rotatable bonds is 2. The van der Waals surface area contributed by atoms with Gasteiger partial charge < -0.3 is 10.7 Å². The maximum Gasteiger partial charge on any atom is 0.326 e. The van der Waals surface area contributed by atoms with Crippen molar-refractivity contribution < 1.29 is 0 Å². The summed E-state index contributed by atoms with van der Waals surface area (Å²) < 4.78 is 2.61. The molecule has 3 N–H and O–H groups in total. The molecular formula is C10H12BrN3O. The molecule has 2 rings (SSSR count). The molecule has 0 saturated carbocycles. The molecular weight excluding hydrogens is 258 g/mol. The molecule has 0 bridgehead atoms. The lowest BCUT2D eigenvalue weighted by atomic mass is 10.3. The second-order valence-electron chi connectivity index (χ2n) is 3.68. The van der Waals surface area contributed by atoms with E-state index in [1.807, 2.05) is 25.1 Å². The average molecular weight is 270 g/mol. The van der Waals surface area contributed by atoms with Gasteiger partial charge in [0.1, 0.15) is 0 Å². The molecule has 0 aliphatic heterocycles. The number of aromatic amines is 1. The molecule has 80 valence electrons. The third-order valence-corrected chi connectivity index (χ3v) is 2.70. The molecule has 2 aromatic rings. The van der Waals surface area contributed by atoms with Gasteiger partial charge in [-0.1, -0.05) is 15.9 Å². The van der Waals surface area contributed by atoms with Crippen LogP contribution in [0.2, 0.25) is 0 Å². The third-order valence-electron chi connectivity index (χ3n) is 2.21. The Bertz CT molecular complexity index is 541. The molecule has 0 aliphatic carbocycles. The van der Waals surface area contributed by atoms with Crippen LogP contribution in [-0.2, 0) is 6.54 Å². The normalized spacial score (nSPS) is 13.3. The van der Waals surface area contributed by atoms with Gasteiger partial charge in [0.25, 0.3) is 0 Å². The number of imidazole rings is 1. The second-order valence-corrected chi connectivity index (χ2v) is 4.60. The first kappa shape index (κ1) is 10.4. The minimum absolute atomic E-state index is 0.0367. The van der Waals surface area contributed by atoms with Crippen LogP contribution in [0.1, 0.15) is 6.92 Å². The van der Waals surface area contributed by atoms with E-state index >= 15 is 0 Å². The summed E-state index contributed by atoms with van der Waals surface area (Å²) >= 11 is 3.36. The summed E-state index contributed by atoms with van der Waals surface area (Å²) in [5, 5.41) is 0. The Balaban J connectivity index is 2.63. The summed E-state index contributed by atoms with van der Waals surface area (Å²) in [5.41, 5.74) is 7.30. The number of aromatic nitrogens is 2. The molecule has 0 spiro atoms. The molecule has 1 aromatic carbocycles. The van der Waals surface area contributed by atoms with Crippen molar-refractivity contribution in [2.24, 2.45) is 5.73 Å². The summed E-state index contributed by atoms with van der Waals surface area (Å²) in [6, 6.07) is 5.66. The van der Waals surface area contributed by atoms with Gasteiger partial charge in [0.05, 0.1) is 11.0 Å². The molecule has 1 atom stereocenters. The lowest BCUT2D eigenvalue weighted by molar-refractivity contribution is 0.588. The van der Waals surface area contributed by atoms with Crippen LogP contribution in [0.5, 0.6) is 0 Å². The number of nitrogens with two attached hydrogens (primary N) is 1. The number of hydrogen-bond donors (Lipinski definition) is 2. The molecule has 0 saturated heterocycles. The zero-order chi connectivity index (χ0) is 11.0. The molecule has 0 aliphatic rings. The number of nitrogens with one attached hydrogen (secondary N) is 1. The monoisotopic (exact) mass is 269 g/mol. The van der Waals surface area contributed by atoms with Crippen LogP contribution < -0.4 is 11.4 Å². The van der Waals surface area contributed by atoms with Crippen LogP contribution in [-0.4, -0.2) is 15.6 Å². The Morgan fingerprint density at radius 1 is 1.60 bits per heavy atom. The molecule has 0 amide bonds. The fourth-order valence-electron chi connectivity index (χ4n) is 1.61. The van der Waals surface area contributed by atoms with Crippen LogP contribution in [0.15, 0.2) is 27.5 Å². The Kier molecular flexibility index (Phi) is 2.67. The molecule has 1 heterocycles. The van der Waals surface area contributed by atoms with Crippen LogP contribution in [0.25, 0.3) is 11.0 Å². The van der Waals surface area contributed by atoms with E-state index in [2.05, 4.69) is 20.9 Å². The summed E-state index contributed by atoms with van der Waals surface area (Å²) in [5.74, 6) is 0. The highest BCUT2D eigenvalue weighted by Crippen LogP contribution is 2.16. The fraction of sp³-hybridized carbons (Fsp3) is 0.300. The number of nitrogens with zero attached hydrogens (tertiary/aromatic N) is 1. The van der Waals surface area contributed by atoms with Crippen molar-refractivity contribution in [2.45, 2.75) is 19.5 Å². The van der Waals surface area contributed by atoms with Crippen molar-refractivity contribution in [3.05, 3.63) is 33.2 Å². The zero-order valence-electron chi connectivity index (χ0n) is 8.33. The topological polar surface area (TPSA) is 63.8 Å². The van der Waals surface area contributed by atoms with Crippen LogP contribution >= 0.6 is 15.9 Å². The highest BCUT2D eigenvalue weighted by atomic mass is 79.9. The van der Waals surface area contributed by atoms with E-state index in [-0.39, 0.29) is 11.7 Å². The SMILES string of the molecule is CC(N)Cn1c(=O)[nH]c2cc(Br)ccc21. The predicted octanol–water partition coefficient (Wildman–Crippen LogP) is 1.44. The summed E-state index contributed by atoms with van der Waals surface area (Å²) in [7, 11) is 0. The van der Waals surface area contributed by atoms with Gasteiger partial charge in [-0.15, -0.1) is 0 Å². The smallest absolute Gasteiger partial charge is 0.326 e. The molecule has 4 nitrogen and oxygen atoms in total. The van der Waals surface area contributed by atoms with Gasteiger partial charge in [-0.3, -0.25) is 4.57 Å². The third kappa shape index (κ3) is 1.98. The maximum atomic E-state index is 11.6. The van der Waals surface area contributed by atoms with Crippen molar-refractivity contribution in [2.75, 3.05) is 0 Å². The minimum Gasteiger partial charge on any atom is -0.326 e. The van der Waals surface area contributed by atoms with Crippen LogP contribution in [0, 0.1) is 0 Å². The standard InChI is InChI=1S/C10H12BrN3O/c1-6(12)5-14-9-3-2-7(11)4-8(9)13-10(14)15/h2-4,6H,5,12H2,1H3,(H,13,15). The number of fused-ring (bicyclic) bond motifs is 1. The molecule has 5 heteroatoms. The lowest BCUT2D eigenvalue weighted by Crippen LogP contribution is -2.28. The van der Waals surface area contributed by atoms with E-state index in [9.17, 15) is 4.79 Å². The Labute approximate surface area is 95.2 Å². The number of benzene rings is 1. The number of halogens is 1. The van der Waals surface area contributed by atoms with Crippen molar-refractivity contribution in [3.8, 4) is 0 Å². The van der Waals surface area contributed by atoms with E-state index in [0.717, 1.165) is 15.5 Å². The summed E-state index contributed by atoms with van der Waals surface area (Å²) in [6.07, 6.45) is 0. The van der Waals surface area contributed by atoms with Gasteiger partial charge in [0.2, 0.25) is 0 Å². The van der Waals surface area contributed by atoms with E-state index in [1.165, 1.54) is 0 Å². The first-order valence-electron chi connectivity index (χ1n) is 4.71. The largest absolute Gasteiger partial charge is 0.326 e. The minimum atomic E-state index is -0.111. The van der Waals surface area contributed by atoms with E-state index < -0.39 is 0 Å². The average Bonchev–Trinajstić information content (AvgIpc) is 2.41. The predicted molar refractivity (Wildman–Crippen MR) is 63.9 cm³/mol. The van der Waals surface area contributed by atoms with E-state index in [4.69, 9.17) is 5.73 Å². The Morgan fingerprint density at radius 3 is 3.00 bits per heavy atom. The zero-order valence-corrected chi connectivity index (χ0v) is 9.91. The van der Waals surface area contributed by atoms with Gasteiger partial charge in [-0.25, -0.2) is 4.79 Å².